The standard InChI is InChI=1S/C15H19N3O3/c1-9(18-20-4)17-13-11-7-10(8-16)5-6-12(11)21-15(2,3)14(13)19/h5-7,13-14,19H,1-4H3,(H,17,18). The van der Waals surface area contributed by atoms with Gasteiger partial charge in [0.1, 0.15) is 29.3 Å². The van der Waals surface area contributed by atoms with E-state index in [0.29, 0.717) is 22.7 Å². The van der Waals surface area contributed by atoms with Gasteiger partial charge >= 0.3 is 0 Å². The van der Waals surface area contributed by atoms with Crippen LogP contribution in [0.1, 0.15) is 37.9 Å². The van der Waals surface area contributed by atoms with Gasteiger partial charge in [-0.3, -0.25) is 15.3 Å². The van der Waals surface area contributed by atoms with Crippen molar-refractivity contribution in [3.63, 3.8) is 0 Å². The molecule has 112 valence electrons. The third kappa shape index (κ3) is 2.99. The number of hydrogen-bond donors (Lipinski definition) is 2. The summed E-state index contributed by atoms with van der Waals surface area (Å²) in [6.07, 6.45) is -0.840. The second kappa shape index (κ2) is 5.72. The molecule has 1 aliphatic rings. The third-order valence-electron chi connectivity index (χ3n) is 3.42. The number of nitrogens with one attached hydrogen (secondary N) is 1. The van der Waals surface area contributed by atoms with Gasteiger partial charge < -0.3 is 9.84 Å². The van der Waals surface area contributed by atoms with Gasteiger partial charge in [-0.1, -0.05) is 0 Å². The topological polar surface area (TPSA) is 86.9 Å². The molecule has 0 saturated heterocycles. The Morgan fingerprint density at radius 3 is 2.86 bits per heavy atom. The average Bonchev–Trinajstić information content (AvgIpc) is 2.43. The molecule has 2 unspecified atom stereocenters. The zero-order chi connectivity index (χ0) is 15.6. The van der Waals surface area contributed by atoms with E-state index in [9.17, 15) is 5.11 Å². The second-order valence-electron chi connectivity index (χ2n) is 5.48. The Kier molecular flexibility index (Phi) is 4.16. The fraction of sp³-hybridized carbons (Fsp3) is 0.467. The van der Waals surface area contributed by atoms with E-state index in [1.807, 2.05) is 0 Å². The number of nitriles is 1. The summed E-state index contributed by atoms with van der Waals surface area (Å²) in [6, 6.07) is 6.68. The summed E-state index contributed by atoms with van der Waals surface area (Å²) in [6.45, 7) is 5.35. The van der Waals surface area contributed by atoms with Crippen molar-refractivity contribution in [1.82, 2.24) is 5.48 Å². The molecule has 1 aliphatic heterocycles. The Morgan fingerprint density at radius 2 is 2.24 bits per heavy atom. The monoisotopic (exact) mass is 289 g/mol. The van der Waals surface area contributed by atoms with Crippen molar-refractivity contribution in [2.24, 2.45) is 4.99 Å². The minimum Gasteiger partial charge on any atom is -0.485 e. The molecule has 0 bridgehead atoms. The fourth-order valence-corrected chi connectivity index (χ4v) is 2.36. The van der Waals surface area contributed by atoms with Crippen LogP contribution in [-0.2, 0) is 4.84 Å². The normalized spacial score (nSPS) is 23.7. The molecule has 6 nitrogen and oxygen atoms in total. The number of aliphatic hydroxyl groups is 1. The summed E-state index contributed by atoms with van der Waals surface area (Å²) in [5, 5.41) is 19.6. The highest BCUT2D eigenvalue weighted by atomic mass is 16.6. The Bertz CT molecular complexity index is 605. The van der Waals surface area contributed by atoms with Crippen LogP contribution in [0.25, 0.3) is 0 Å². The molecular formula is C15H19N3O3. The van der Waals surface area contributed by atoms with E-state index in [0.717, 1.165) is 0 Å². The van der Waals surface area contributed by atoms with Crippen molar-refractivity contribution in [2.45, 2.75) is 38.5 Å². The van der Waals surface area contributed by atoms with Crippen molar-refractivity contribution in [3.8, 4) is 11.8 Å². The highest BCUT2D eigenvalue weighted by molar-refractivity contribution is 5.78. The molecule has 6 heteroatoms. The molecule has 0 radical (unpaired) electrons. The van der Waals surface area contributed by atoms with Crippen LogP contribution in [0, 0.1) is 11.3 Å². The van der Waals surface area contributed by atoms with Gasteiger partial charge in [-0.2, -0.15) is 5.26 Å². The third-order valence-corrected chi connectivity index (χ3v) is 3.42. The number of nitrogens with zero attached hydrogens (tertiary/aromatic N) is 2. The van der Waals surface area contributed by atoms with Gasteiger partial charge in [-0.15, -0.1) is 0 Å². The molecule has 21 heavy (non-hydrogen) atoms. The van der Waals surface area contributed by atoms with Crippen LogP contribution in [0.4, 0.5) is 0 Å². The van der Waals surface area contributed by atoms with Gasteiger partial charge in [0.15, 0.2) is 0 Å². The number of aliphatic imine (C=N–C) groups is 1. The highest BCUT2D eigenvalue weighted by Crippen LogP contribution is 2.42. The fourth-order valence-electron chi connectivity index (χ4n) is 2.36. The summed E-state index contributed by atoms with van der Waals surface area (Å²) in [7, 11) is 1.49. The number of ether oxygens (including phenoxy) is 1. The van der Waals surface area contributed by atoms with E-state index in [-0.39, 0.29) is 0 Å². The molecule has 0 saturated carbocycles. The molecule has 2 atom stereocenters. The summed E-state index contributed by atoms with van der Waals surface area (Å²) >= 11 is 0. The zero-order valence-corrected chi connectivity index (χ0v) is 12.5. The number of hydroxylamine groups is 1. The van der Waals surface area contributed by atoms with E-state index in [1.165, 1.54) is 7.11 Å². The van der Waals surface area contributed by atoms with Gasteiger partial charge in [0.2, 0.25) is 0 Å². The average molecular weight is 289 g/mol. The molecular weight excluding hydrogens is 270 g/mol. The molecule has 2 N–H and O–H groups in total. The summed E-state index contributed by atoms with van der Waals surface area (Å²) in [5.41, 5.74) is 3.05. The van der Waals surface area contributed by atoms with Crippen LogP contribution in [-0.4, -0.2) is 29.8 Å². The van der Waals surface area contributed by atoms with Gasteiger partial charge in [-0.25, -0.2) is 0 Å². The van der Waals surface area contributed by atoms with Gasteiger partial charge in [-0.05, 0) is 39.0 Å². The van der Waals surface area contributed by atoms with E-state index < -0.39 is 17.7 Å². The van der Waals surface area contributed by atoms with E-state index >= 15 is 0 Å². The molecule has 1 heterocycles. The first-order valence-corrected chi connectivity index (χ1v) is 6.63. The quantitative estimate of drug-likeness (QED) is 0.491. The Morgan fingerprint density at radius 1 is 1.52 bits per heavy atom. The van der Waals surface area contributed by atoms with Crippen LogP contribution in [0.15, 0.2) is 23.2 Å². The van der Waals surface area contributed by atoms with Crippen LogP contribution in [0.2, 0.25) is 0 Å². The van der Waals surface area contributed by atoms with Gasteiger partial charge in [0.05, 0.1) is 18.7 Å². The summed E-state index contributed by atoms with van der Waals surface area (Å²) < 4.78 is 5.82. The largest absolute Gasteiger partial charge is 0.485 e. The lowest BCUT2D eigenvalue weighted by atomic mass is 9.86. The Labute approximate surface area is 124 Å². The van der Waals surface area contributed by atoms with Crippen LogP contribution < -0.4 is 10.2 Å². The van der Waals surface area contributed by atoms with Crippen molar-refractivity contribution in [1.29, 1.82) is 5.26 Å². The van der Waals surface area contributed by atoms with Crippen LogP contribution in [0.3, 0.4) is 0 Å². The number of amidine groups is 1. The first kappa shape index (κ1) is 15.3. The molecule has 0 fully saturated rings. The molecule has 1 aromatic rings. The maximum absolute atomic E-state index is 10.5. The van der Waals surface area contributed by atoms with Crippen LogP contribution in [0.5, 0.6) is 5.75 Å². The highest BCUT2D eigenvalue weighted by Gasteiger charge is 2.43. The lowest BCUT2D eigenvalue weighted by molar-refractivity contribution is -0.0568. The minimum absolute atomic E-state index is 0.502. The van der Waals surface area contributed by atoms with E-state index in [1.54, 1.807) is 39.0 Å². The van der Waals surface area contributed by atoms with E-state index in [2.05, 4.69) is 16.5 Å². The predicted molar refractivity (Wildman–Crippen MR) is 77.9 cm³/mol. The maximum atomic E-state index is 10.5. The molecule has 0 spiro atoms. The van der Waals surface area contributed by atoms with Crippen molar-refractivity contribution >= 4 is 5.84 Å². The van der Waals surface area contributed by atoms with Crippen molar-refractivity contribution in [2.75, 3.05) is 7.11 Å². The SMILES string of the molecule is CONC(C)=NC1c2cc(C#N)ccc2OC(C)(C)C1O. The Balaban J connectivity index is 2.52. The smallest absolute Gasteiger partial charge is 0.132 e. The number of rotatable bonds is 2. The number of benzene rings is 1. The Hall–Kier alpha value is -2.10. The summed E-state index contributed by atoms with van der Waals surface area (Å²) in [5.74, 6) is 1.16. The maximum Gasteiger partial charge on any atom is 0.132 e. The van der Waals surface area contributed by atoms with E-state index in [4.69, 9.17) is 14.8 Å². The molecule has 0 amide bonds. The van der Waals surface area contributed by atoms with Gasteiger partial charge in [0, 0.05) is 5.56 Å². The second-order valence-corrected chi connectivity index (χ2v) is 5.48. The number of aliphatic hydroxyl groups excluding tert-OH is 1. The summed E-state index contributed by atoms with van der Waals surface area (Å²) in [4.78, 5) is 9.28. The van der Waals surface area contributed by atoms with Crippen LogP contribution >= 0.6 is 0 Å². The van der Waals surface area contributed by atoms with Crippen molar-refractivity contribution < 1.29 is 14.7 Å². The molecule has 2 rings (SSSR count). The van der Waals surface area contributed by atoms with Crippen molar-refractivity contribution in [3.05, 3.63) is 29.3 Å². The molecule has 0 aromatic heterocycles. The number of hydrogen-bond acceptors (Lipinski definition) is 5. The zero-order valence-electron chi connectivity index (χ0n) is 12.5. The molecule has 1 aromatic carbocycles. The number of fused-ring (bicyclic) bond motifs is 1. The van der Waals surface area contributed by atoms with Gasteiger partial charge in [0.25, 0.3) is 0 Å². The molecule has 0 aliphatic carbocycles. The lowest BCUT2D eigenvalue weighted by Crippen LogP contribution is -2.48. The first-order chi connectivity index (χ1) is 9.89. The lowest BCUT2D eigenvalue weighted by Gasteiger charge is -2.40. The first-order valence-electron chi connectivity index (χ1n) is 6.63. The minimum atomic E-state index is -0.840. The predicted octanol–water partition coefficient (Wildman–Crippen LogP) is 1.70.